The molecule has 0 aromatic heterocycles. The van der Waals surface area contributed by atoms with Crippen LogP contribution in [0.2, 0.25) is 5.02 Å². The maximum absolute atomic E-state index is 10.7. The number of hydrogen-bond donors (Lipinski definition) is 1. The van der Waals surface area contributed by atoms with Crippen molar-refractivity contribution in [3.05, 3.63) is 34.9 Å². The highest BCUT2D eigenvalue weighted by atomic mass is 35.5. The maximum Gasteiger partial charge on any atom is 0.329 e. The van der Waals surface area contributed by atoms with Crippen molar-refractivity contribution in [3.8, 4) is 0 Å². The van der Waals surface area contributed by atoms with Crippen LogP contribution in [0.5, 0.6) is 0 Å². The van der Waals surface area contributed by atoms with Crippen LogP contribution in [-0.4, -0.2) is 27.9 Å². The first kappa shape index (κ1) is 10.5. The first-order chi connectivity index (χ1) is 7.16. The fraction of sp³-hybridized carbons (Fsp3) is 0.200. The lowest BCUT2D eigenvalue weighted by Crippen LogP contribution is -2.17. The van der Waals surface area contributed by atoms with Crippen LogP contribution in [0.3, 0.4) is 0 Å². The van der Waals surface area contributed by atoms with Crippen LogP contribution in [-0.2, 0) is 4.79 Å². The van der Waals surface area contributed by atoms with Gasteiger partial charge in [0.25, 0.3) is 0 Å². The molecule has 0 saturated carbocycles. The highest BCUT2D eigenvalue weighted by molar-refractivity contribution is 8.14. The van der Waals surface area contributed by atoms with Gasteiger partial charge in [0.05, 0.1) is 5.04 Å². The molecule has 1 aliphatic heterocycles. The van der Waals surface area contributed by atoms with Gasteiger partial charge in [-0.2, -0.15) is 0 Å². The van der Waals surface area contributed by atoms with Gasteiger partial charge in [-0.15, -0.1) is 11.8 Å². The van der Waals surface area contributed by atoms with Crippen LogP contribution < -0.4 is 0 Å². The number of nitrogens with zero attached hydrogens (tertiary/aromatic N) is 1. The van der Waals surface area contributed by atoms with E-state index in [-0.39, 0.29) is 0 Å². The highest BCUT2D eigenvalue weighted by Gasteiger charge is 2.24. The smallest absolute Gasteiger partial charge is 0.329 e. The molecule has 0 fully saturated rings. The summed E-state index contributed by atoms with van der Waals surface area (Å²) < 4.78 is 0. The zero-order chi connectivity index (χ0) is 10.8. The summed E-state index contributed by atoms with van der Waals surface area (Å²) in [4.78, 5) is 14.8. The number of carboxylic acids is 1. The molecule has 0 amide bonds. The van der Waals surface area contributed by atoms with Crippen molar-refractivity contribution in [1.29, 1.82) is 0 Å². The van der Waals surface area contributed by atoms with E-state index in [0.29, 0.717) is 10.8 Å². The Bertz CT molecular complexity index is 416. The summed E-state index contributed by atoms with van der Waals surface area (Å²) >= 11 is 7.22. The first-order valence-corrected chi connectivity index (χ1v) is 5.72. The number of hydrogen-bond acceptors (Lipinski definition) is 3. The quantitative estimate of drug-likeness (QED) is 0.864. The zero-order valence-electron chi connectivity index (χ0n) is 7.68. The van der Waals surface area contributed by atoms with E-state index in [9.17, 15) is 4.79 Å². The average molecular weight is 242 g/mol. The molecule has 0 unspecified atom stereocenters. The summed E-state index contributed by atoms with van der Waals surface area (Å²) in [7, 11) is 0. The average Bonchev–Trinajstić information content (AvgIpc) is 2.68. The van der Waals surface area contributed by atoms with Gasteiger partial charge in [-0.25, -0.2) is 4.79 Å². The molecular weight excluding hydrogens is 234 g/mol. The van der Waals surface area contributed by atoms with E-state index >= 15 is 0 Å². The molecule has 1 aliphatic rings. The second-order valence-electron chi connectivity index (χ2n) is 3.11. The minimum Gasteiger partial charge on any atom is -0.480 e. The van der Waals surface area contributed by atoms with E-state index in [1.165, 1.54) is 11.8 Å². The Morgan fingerprint density at radius 2 is 2.13 bits per heavy atom. The molecule has 5 heteroatoms. The summed E-state index contributed by atoms with van der Waals surface area (Å²) in [6.07, 6.45) is 0. The van der Waals surface area contributed by atoms with Crippen LogP contribution in [0.4, 0.5) is 0 Å². The Kier molecular flexibility index (Phi) is 2.98. The highest BCUT2D eigenvalue weighted by Crippen LogP contribution is 2.24. The third kappa shape index (κ3) is 2.33. The Labute approximate surface area is 96.2 Å². The summed E-state index contributed by atoms with van der Waals surface area (Å²) in [5.41, 5.74) is 0.924. The number of halogens is 1. The van der Waals surface area contributed by atoms with Crippen LogP contribution in [0.1, 0.15) is 5.56 Å². The van der Waals surface area contributed by atoms with Crippen molar-refractivity contribution in [3.63, 3.8) is 0 Å². The molecule has 2 rings (SSSR count). The number of aliphatic carboxylic acids is 1. The van der Waals surface area contributed by atoms with Gasteiger partial charge in [0.2, 0.25) is 0 Å². The molecule has 15 heavy (non-hydrogen) atoms. The number of thioether (sulfide) groups is 1. The van der Waals surface area contributed by atoms with E-state index in [4.69, 9.17) is 16.7 Å². The van der Waals surface area contributed by atoms with Crippen molar-refractivity contribution >= 4 is 34.4 Å². The molecule has 1 atom stereocenters. The maximum atomic E-state index is 10.7. The monoisotopic (exact) mass is 241 g/mol. The predicted molar refractivity (Wildman–Crippen MR) is 61.9 cm³/mol. The summed E-state index contributed by atoms with van der Waals surface area (Å²) in [6.45, 7) is 0. The van der Waals surface area contributed by atoms with Gasteiger partial charge in [-0.05, 0) is 12.1 Å². The van der Waals surface area contributed by atoms with Gasteiger partial charge in [0.15, 0.2) is 6.04 Å². The first-order valence-electron chi connectivity index (χ1n) is 4.36. The fourth-order valence-corrected chi connectivity index (χ4v) is 2.41. The normalized spacial score (nSPS) is 20.1. The SMILES string of the molecule is O=C(O)[C@H]1CSC(c2ccc(Cl)cc2)=N1. The summed E-state index contributed by atoms with van der Waals surface area (Å²) in [5, 5.41) is 10.2. The summed E-state index contributed by atoms with van der Waals surface area (Å²) in [5.74, 6) is -0.362. The molecule has 0 saturated heterocycles. The minimum absolute atomic E-state index is 0.507. The zero-order valence-corrected chi connectivity index (χ0v) is 9.26. The molecule has 3 nitrogen and oxygen atoms in total. The van der Waals surface area contributed by atoms with E-state index in [1.54, 1.807) is 12.1 Å². The third-order valence-corrected chi connectivity index (χ3v) is 3.38. The van der Waals surface area contributed by atoms with E-state index < -0.39 is 12.0 Å². The predicted octanol–water partition coefficient (Wildman–Crippen LogP) is 2.29. The van der Waals surface area contributed by atoms with Crippen LogP contribution in [0.15, 0.2) is 29.3 Å². The van der Waals surface area contributed by atoms with Crippen LogP contribution in [0.25, 0.3) is 0 Å². The lowest BCUT2D eigenvalue weighted by atomic mass is 10.2. The van der Waals surface area contributed by atoms with E-state index in [2.05, 4.69) is 4.99 Å². The Morgan fingerprint density at radius 1 is 1.47 bits per heavy atom. The number of aliphatic imine (C=N–C) groups is 1. The number of carbonyl (C=O) groups is 1. The third-order valence-electron chi connectivity index (χ3n) is 2.03. The second kappa shape index (κ2) is 4.24. The minimum atomic E-state index is -0.869. The fourth-order valence-electron chi connectivity index (χ4n) is 1.25. The molecular formula is C10H8ClNO2S. The number of rotatable bonds is 2. The Balaban J connectivity index is 2.22. The van der Waals surface area contributed by atoms with Gasteiger partial charge in [0.1, 0.15) is 0 Å². The van der Waals surface area contributed by atoms with E-state index in [1.807, 2.05) is 12.1 Å². The van der Waals surface area contributed by atoms with Crippen molar-refractivity contribution in [2.75, 3.05) is 5.75 Å². The molecule has 0 bridgehead atoms. The van der Waals surface area contributed by atoms with Crippen molar-refractivity contribution < 1.29 is 9.90 Å². The number of carboxylic acid groups (broad SMARTS) is 1. The molecule has 1 aromatic carbocycles. The Hall–Kier alpha value is -1.00. The molecule has 0 spiro atoms. The van der Waals surface area contributed by atoms with Crippen molar-refractivity contribution in [2.24, 2.45) is 4.99 Å². The largest absolute Gasteiger partial charge is 0.480 e. The second-order valence-corrected chi connectivity index (χ2v) is 4.55. The van der Waals surface area contributed by atoms with Gasteiger partial charge in [-0.1, -0.05) is 23.7 Å². The van der Waals surface area contributed by atoms with Gasteiger partial charge < -0.3 is 5.11 Å². The lowest BCUT2D eigenvalue weighted by Gasteiger charge is -1.98. The van der Waals surface area contributed by atoms with Gasteiger partial charge >= 0.3 is 5.97 Å². The Morgan fingerprint density at radius 3 is 2.67 bits per heavy atom. The lowest BCUT2D eigenvalue weighted by molar-refractivity contribution is -0.137. The van der Waals surface area contributed by atoms with Gasteiger partial charge in [-0.3, -0.25) is 4.99 Å². The van der Waals surface area contributed by atoms with Crippen LogP contribution in [0, 0.1) is 0 Å². The topological polar surface area (TPSA) is 49.7 Å². The van der Waals surface area contributed by atoms with Crippen LogP contribution >= 0.6 is 23.4 Å². The van der Waals surface area contributed by atoms with Crippen molar-refractivity contribution in [2.45, 2.75) is 6.04 Å². The van der Waals surface area contributed by atoms with Crippen molar-refractivity contribution in [1.82, 2.24) is 0 Å². The molecule has 1 N–H and O–H groups in total. The van der Waals surface area contributed by atoms with Gasteiger partial charge in [0, 0.05) is 16.3 Å². The molecule has 0 aliphatic carbocycles. The molecule has 1 heterocycles. The number of benzene rings is 1. The molecule has 0 radical (unpaired) electrons. The van der Waals surface area contributed by atoms with E-state index in [0.717, 1.165) is 10.6 Å². The summed E-state index contributed by atoms with van der Waals surface area (Å²) in [6, 6.07) is 6.62. The molecule has 1 aromatic rings. The standard InChI is InChI=1S/C10H8ClNO2S/c11-7-3-1-6(2-4-7)9-12-8(5-15-9)10(13)14/h1-4,8H,5H2,(H,13,14)/t8-/m1/s1. The molecule has 78 valence electrons.